The second-order valence-electron chi connectivity index (χ2n) is 3.49. The smallest absolute Gasteiger partial charge is 0.160 e. The van der Waals surface area contributed by atoms with Crippen LogP contribution in [0.15, 0.2) is 24.7 Å². The summed E-state index contributed by atoms with van der Waals surface area (Å²) in [5.41, 5.74) is 1.61. The van der Waals surface area contributed by atoms with Crippen LogP contribution in [0.3, 0.4) is 0 Å². The number of aromatic nitrogens is 3. The minimum Gasteiger partial charge on any atom is -0.305 e. The molecule has 0 radical (unpaired) electrons. The molecule has 1 atom stereocenters. The number of carbonyl (C=O) groups is 1. The molecular formula is C11H13N3O. The minimum atomic E-state index is -0.144. The van der Waals surface area contributed by atoms with E-state index in [1.165, 1.54) is 0 Å². The fourth-order valence-corrected chi connectivity index (χ4v) is 1.68. The molecule has 0 saturated carbocycles. The van der Waals surface area contributed by atoms with Gasteiger partial charge in [-0.1, -0.05) is 13.3 Å². The second kappa shape index (κ2) is 4.21. The van der Waals surface area contributed by atoms with Gasteiger partial charge in [0.05, 0.1) is 12.4 Å². The molecule has 0 aromatic carbocycles. The minimum absolute atomic E-state index is 0.144. The number of hydrogen-bond acceptors (Lipinski definition) is 3. The van der Waals surface area contributed by atoms with Crippen LogP contribution in [-0.4, -0.2) is 20.8 Å². The van der Waals surface area contributed by atoms with Gasteiger partial charge in [-0.25, -0.2) is 9.97 Å². The molecule has 4 heteroatoms. The van der Waals surface area contributed by atoms with Gasteiger partial charge in [-0.15, -0.1) is 0 Å². The maximum Gasteiger partial charge on any atom is 0.160 e. The quantitative estimate of drug-likeness (QED) is 0.714. The summed E-state index contributed by atoms with van der Waals surface area (Å²) in [6, 6.07) is 3.59. The zero-order chi connectivity index (χ0) is 10.7. The van der Waals surface area contributed by atoms with E-state index in [0.717, 1.165) is 30.3 Å². The van der Waals surface area contributed by atoms with Gasteiger partial charge in [-0.3, -0.25) is 0 Å². The molecule has 4 nitrogen and oxygen atoms in total. The van der Waals surface area contributed by atoms with Crippen molar-refractivity contribution in [1.29, 1.82) is 0 Å². The van der Waals surface area contributed by atoms with Crippen LogP contribution in [0.25, 0.3) is 11.2 Å². The lowest BCUT2D eigenvalue weighted by Gasteiger charge is -2.10. The van der Waals surface area contributed by atoms with Crippen molar-refractivity contribution in [2.45, 2.75) is 25.8 Å². The lowest BCUT2D eigenvalue weighted by Crippen LogP contribution is -2.09. The fraction of sp³-hybridized carbons (Fsp3) is 0.364. The van der Waals surface area contributed by atoms with E-state index in [2.05, 4.69) is 16.9 Å². The Balaban J connectivity index is 2.46. The Hall–Kier alpha value is -1.71. The normalized spacial score (nSPS) is 12.9. The van der Waals surface area contributed by atoms with Crippen molar-refractivity contribution in [1.82, 2.24) is 14.5 Å². The number of nitrogens with zero attached hydrogens (tertiary/aromatic N) is 3. The van der Waals surface area contributed by atoms with Crippen molar-refractivity contribution in [3.63, 3.8) is 0 Å². The molecule has 0 spiro atoms. The number of hydrogen-bond donors (Lipinski definition) is 0. The highest BCUT2D eigenvalue weighted by Crippen LogP contribution is 2.17. The highest BCUT2D eigenvalue weighted by atomic mass is 16.1. The molecule has 0 aliphatic heterocycles. The maximum atomic E-state index is 11.0. The average molecular weight is 203 g/mol. The van der Waals surface area contributed by atoms with Crippen molar-refractivity contribution in [2.75, 3.05) is 0 Å². The Morgan fingerprint density at radius 2 is 2.40 bits per heavy atom. The summed E-state index contributed by atoms with van der Waals surface area (Å²) >= 11 is 0. The maximum absolute atomic E-state index is 11.0. The molecule has 0 saturated heterocycles. The van der Waals surface area contributed by atoms with Crippen LogP contribution in [-0.2, 0) is 4.79 Å². The zero-order valence-electron chi connectivity index (χ0n) is 8.63. The van der Waals surface area contributed by atoms with Crippen molar-refractivity contribution in [2.24, 2.45) is 0 Å². The summed E-state index contributed by atoms with van der Waals surface area (Å²) in [5.74, 6) is 0. The van der Waals surface area contributed by atoms with Gasteiger partial charge in [-0.05, 0) is 18.6 Å². The largest absolute Gasteiger partial charge is 0.305 e. The van der Waals surface area contributed by atoms with Crippen LogP contribution in [0.2, 0.25) is 0 Å². The molecule has 0 amide bonds. The van der Waals surface area contributed by atoms with Gasteiger partial charge < -0.3 is 9.36 Å². The fourth-order valence-electron chi connectivity index (χ4n) is 1.68. The Morgan fingerprint density at radius 3 is 3.13 bits per heavy atom. The Bertz CT molecular complexity index is 464. The first-order valence-corrected chi connectivity index (χ1v) is 5.09. The molecule has 2 aromatic heterocycles. The van der Waals surface area contributed by atoms with E-state index >= 15 is 0 Å². The summed E-state index contributed by atoms with van der Waals surface area (Å²) < 4.78 is 1.84. The van der Waals surface area contributed by atoms with Crippen LogP contribution >= 0.6 is 0 Å². The number of aldehydes is 1. The van der Waals surface area contributed by atoms with Crippen LogP contribution in [0.4, 0.5) is 0 Å². The first-order valence-electron chi connectivity index (χ1n) is 5.09. The van der Waals surface area contributed by atoms with Crippen LogP contribution in [0, 0.1) is 0 Å². The number of rotatable bonds is 4. The Morgan fingerprint density at radius 1 is 1.53 bits per heavy atom. The summed E-state index contributed by atoms with van der Waals surface area (Å²) in [6.45, 7) is 2.06. The van der Waals surface area contributed by atoms with E-state index in [1.54, 1.807) is 12.5 Å². The van der Waals surface area contributed by atoms with E-state index in [0.29, 0.717) is 0 Å². The molecule has 0 bridgehead atoms. The third kappa shape index (κ3) is 1.75. The van der Waals surface area contributed by atoms with Gasteiger partial charge in [0.2, 0.25) is 0 Å². The van der Waals surface area contributed by atoms with Gasteiger partial charge >= 0.3 is 0 Å². The molecule has 2 aromatic rings. The van der Waals surface area contributed by atoms with Crippen molar-refractivity contribution < 1.29 is 4.79 Å². The molecule has 0 N–H and O–H groups in total. The first kappa shape index (κ1) is 9.83. The summed E-state index contributed by atoms with van der Waals surface area (Å²) in [4.78, 5) is 19.4. The van der Waals surface area contributed by atoms with E-state index in [-0.39, 0.29) is 6.04 Å². The number of pyridine rings is 1. The predicted molar refractivity (Wildman–Crippen MR) is 57.5 cm³/mol. The number of fused-ring (bicyclic) bond motifs is 1. The van der Waals surface area contributed by atoms with Crippen molar-refractivity contribution in [3.05, 3.63) is 24.7 Å². The second-order valence-corrected chi connectivity index (χ2v) is 3.49. The standard InChI is InChI=1S/C11H13N3O/c1-2-4-9(7-15)14-8-13-10-5-3-6-12-11(10)14/h3,5-9H,2,4H2,1H3. The summed E-state index contributed by atoms with van der Waals surface area (Å²) in [7, 11) is 0. The van der Waals surface area contributed by atoms with Crippen molar-refractivity contribution in [3.8, 4) is 0 Å². The third-order valence-corrected chi connectivity index (χ3v) is 2.43. The lowest BCUT2D eigenvalue weighted by atomic mass is 10.2. The van der Waals surface area contributed by atoms with E-state index < -0.39 is 0 Å². The van der Waals surface area contributed by atoms with Crippen LogP contribution < -0.4 is 0 Å². The van der Waals surface area contributed by atoms with Gasteiger partial charge in [0.15, 0.2) is 5.65 Å². The highest BCUT2D eigenvalue weighted by Gasteiger charge is 2.12. The summed E-state index contributed by atoms with van der Waals surface area (Å²) in [5, 5.41) is 0. The van der Waals surface area contributed by atoms with Gasteiger partial charge in [0.25, 0.3) is 0 Å². The van der Waals surface area contributed by atoms with Crippen molar-refractivity contribution >= 4 is 17.5 Å². The molecule has 78 valence electrons. The highest BCUT2D eigenvalue weighted by molar-refractivity contribution is 5.72. The van der Waals surface area contributed by atoms with Gasteiger partial charge in [0.1, 0.15) is 11.8 Å². The predicted octanol–water partition coefficient (Wildman–Crippen LogP) is 1.97. The SMILES string of the molecule is CCCC(C=O)n1cnc2cccnc21. The lowest BCUT2D eigenvalue weighted by molar-refractivity contribution is -0.110. The van der Waals surface area contributed by atoms with Crippen LogP contribution in [0.1, 0.15) is 25.8 Å². The third-order valence-electron chi connectivity index (χ3n) is 2.43. The monoisotopic (exact) mass is 203 g/mol. The Labute approximate surface area is 88.0 Å². The average Bonchev–Trinajstić information content (AvgIpc) is 2.70. The molecule has 15 heavy (non-hydrogen) atoms. The zero-order valence-corrected chi connectivity index (χ0v) is 8.63. The number of imidazole rings is 1. The Kier molecular flexibility index (Phi) is 2.76. The molecule has 0 aliphatic carbocycles. The van der Waals surface area contributed by atoms with E-state index in [9.17, 15) is 4.79 Å². The number of carbonyl (C=O) groups excluding carboxylic acids is 1. The van der Waals surface area contributed by atoms with Gasteiger partial charge in [0, 0.05) is 6.20 Å². The van der Waals surface area contributed by atoms with Gasteiger partial charge in [-0.2, -0.15) is 0 Å². The molecule has 2 rings (SSSR count). The molecule has 2 heterocycles. The topological polar surface area (TPSA) is 47.8 Å². The summed E-state index contributed by atoms with van der Waals surface area (Å²) in [6.07, 6.45) is 6.15. The molecular weight excluding hydrogens is 190 g/mol. The van der Waals surface area contributed by atoms with E-state index in [1.807, 2.05) is 16.7 Å². The van der Waals surface area contributed by atoms with Crippen LogP contribution in [0.5, 0.6) is 0 Å². The first-order chi connectivity index (χ1) is 7.36. The molecule has 0 fully saturated rings. The van der Waals surface area contributed by atoms with E-state index in [4.69, 9.17) is 0 Å². The molecule has 0 aliphatic rings. The molecule has 1 unspecified atom stereocenters.